The van der Waals surface area contributed by atoms with Crippen molar-refractivity contribution in [1.82, 2.24) is 9.80 Å². The largest absolute Gasteiger partial charge is 0.507 e. The molecule has 140 valence electrons. The van der Waals surface area contributed by atoms with Crippen molar-refractivity contribution in [2.24, 2.45) is 5.92 Å². The highest BCUT2D eigenvalue weighted by Crippen LogP contribution is 2.39. The maximum absolute atomic E-state index is 12.9. The van der Waals surface area contributed by atoms with E-state index in [-0.39, 0.29) is 29.0 Å². The number of rotatable bonds is 2. The fourth-order valence-corrected chi connectivity index (χ4v) is 4.24. The van der Waals surface area contributed by atoms with E-state index in [0.29, 0.717) is 38.4 Å². The third kappa shape index (κ3) is 3.18. The van der Waals surface area contributed by atoms with Crippen LogP contribution in [-0.4, -0.2) is 65.1 Å². The monoisotopic (exact) mass is 358 g/mol. The first-order valence-electron chi connectivity index (χ1n) is 9.57. The number of carbonyl (C=O) groups is 2. The predicted molar refractivity (Wildman–Crippen MR) is 95.8 cm³/mol. The molecule has 1 aromatic carbocycles. The van der Waals surface area contributed by atoms with Crippen molar-refractivity contribution in [2.75, 3.05) is 32.8 Å². The van der Waals surface area contributed by atoms with E-state index in [0.717, 1.165) is 32.1 Å². The molecule has 2 heterocycles. The summed E-state index contributed by atoms with van der Waals surface area (Å²) in [6, 6.07) is 6.66. The van der Waals surface area contributed by atoms with E-state index < -0.39 is 0 Å². The number of ether oxygens (including phenoxy) is 1. The molecule has 26 heavy (non-hydrogen) atoms. The normalized spacial score (nSPS) is 22.9. The second kappa shape index (κ2) is 6.91. The van der Waals surface area contributed by atoms with Gasteiger partial charge in [-0.3, -0.25) is 9.59 Å². The number of aromatic hydroxyl groups is 1. The minimum absolute atomic E-state index is 0.00781. The van der Waals surface area contributed by atoms with Crippen molar-refractivity contribution >= 4 is 11.8 Å². The first-order chi connectivity index (χ1) is 12.6. The standard InChI is InChI=1S/C20H26N2O4/c23-17-4-2-1-3-16(17)19(25)21-10-7-20(8-13-26-14-9-20)22(12-11-21)18(24)15-5-6-15/h1-4,15,23H,5-14H2. The van der Waals surface area contributed by atoms with Gasteiger partial charge in [-0.2, -0.15) is 0 Å². The summed E-state index contributed by atoms with van der Waals surface area (Å²) in [7, 11) is 0. The van der Waals surface area contributed by atoms with Crippen LogP contribution in [0.2, 0.25) is 0 Å². The molecule has 0 unspecified atom stereocenters. The highest BCUT2D eigenvalue weighted by atomic mass is 16.5. The molecule has 2 aliphatic heterocycles. The van der Waals surface area contributed by atoms with Crippen molar-refractivity contribution in [3.63, 3.8) is 0 Å². The molecule has 1 aromatic rings. The number of para-hydroxylation sites is 1. The maximum Gasteiger partial charge on any atom is 0.257 e. The molecule has 4 rings (SSSR count). The van der Waals surface area contributed by atoms with E-state index in [1.54, 1.807) is 23.1 Å². The van der Waals surface area contributed by atoms with Gasteiger partial charge in [0, 0.05) is 44.3 Å². The van der Waals surface area contributed by atoms with Crippen LogP contribution in [0.1, 0.15) is 42.5 Å². The van der Waals surface area contributed by atoms with Gasteiger partial charge in [-0.25, -0.2) is 0 Å². The predicted octanol–water partition coefficient (Wildman–Crippen LogP) is 2.03. The van der Waals surface area contributed by atoms with Crippen molar-refractivity contribution in [3.8, 4) is 5.75 Å². The lowest BCUT2D eigenvalue weighted by atomic mass is 9.84. The van der Waals surface area contributed by atoms with Crippen LogP contribution in [0.4, 0.5) is 0 Å². The third-order valence-electron chi connectivity index (χ3n) is 6.05. The van der Waals surface area contributed by atoms with E-state index in [1.807, 2.05) is 0 Å². The molecule has 6 nitrogen and oxygen atoms in total. The minimum atomic E-state index is -0.189. The minimum Gasteiger partial charge on any atom is -0.507 e. The zero-order valence-corrected chi connectivity index (χ0v) is 15.0. The Morgan fingerprint density at radius 1 is 1.04 bits per heavy atom. The molecular weight excluding hydrogens is 332 g/mol. The van der Waals surface area contributed by atoms with Crippen LogP contribution in [-0.2, 0) is 9.53 Å². The topological polar surface area (TPSA) is 70.1 Å². The van der Waals surface area contributed by atoms with Gasteiger partial charge < -0.3 is 19.6 Å². The number of hydrogen-bond donors (Lipinski definition) is 1. The molecule has 3 fully saturated rings. The van der Waals surface area contributed by atoms with E-state index in [1.165, 1.54) is 6.07 Å². The molecule has 1 N–H and O–H groups in total. The molecule has 6 heteroatoms. The smallest absolute Gasteiger partial charge is 0.257 e. The molecule has 0 radical (unpaired) electrons. The van der Waals surface area contributed by atoms with E-state index in [9.17, 15) is 14.7 Å². The highest BCUT2D eigenvalue weighted by molar-refractivity contribution is 5.96. The van der Waals surface area contributed by atoms with Gasteiger partial charge in [0.25, 0.3) is 5.91 Å². The van der Waals surface area contributed by atoms with Crippen LogP contribution >= 0.6 is 0 Å². The average molecular weight is 358 g/mol. The highest BCUT2D eigenvalue weighted by Gasteiger charge is 2.46. The SMILES string of the molecule is O=C(c1ccccc1O)N1CCN(C(=O)C2CC2)C2(CCOCC2)CC1. The molecule has 1 saturated carbocycles. The Kier molecular flexibility index (Phi) is 4.61. The van der Waals surface area contributed by atoms with Gasteiger partial charge in [-0.1, -0.05) is 12.1 Å². The number of carbonyl (C=O) groups excluding carboxylic acids is 2. The van der Waals surface area contributed by atoms with Gasteiger partial charge in [-0.05, 0) is 44.2 Å². The lowest BCUT2D eigenvalue weighted by Crippen LogP contribution is -2.55. The van der Waals surface area contributed by atoms with Gasteiger partial charge in [0.05, 0.1) is 5.56 Å². The summed E-state index contributed by atoms with van der Waals surface area (Å²) in [6.45, 7) is 3.01. The van der Waals surface area contributed by atoms with Crippen LogP contribution < -0.4 is 0 Å². The first-order valence-corrected chi connectivity index (χ1v) is 9.57. The fraction of sp³-hybridized carbons (Fsp3) is 0.600. The molecule has 0 aromatic heterocycles. The fourth-order valence-electron chi connectivity index (χ4n) is 4.24. The summed E-state index contributed by atoms with van der Waals surface area (Å²) >= 11 is 0. The lowest BCUT2D eigenvalue weighted by molar-refractivity contribution is -0.143. The Morgan fingerprint density at radius 2 is 1.77 bits per heavy atom. The Bertz CT molecular complexity index is 695. The zero-order valence-electron chi connectivity index (χ0n) is 15.0. The summed E-state index contributed by atoms with van der Waals surface area (Å²) in [6.07, 6.45) is 4.42. The van der Waals surface area contributed by atoms with Gasteiger partial charge in [-0.15, -0.1) is 0 Å². The summed E-state index contributed by atoms with van der Waals surface area (Å²) in [5, 5.41) is 10.0. The van der Waals surface area contributed by atoms with E-state index in [4.69, 9.17) is 4.74 Å². The van der Waals surface area contributed by atoms with Crippen molar-refractivity contribution in [2.45, 2.75) is 37.6 Å². The molecule has 3 aliphatic rings. The van der Waals surface area contributed by atoms with Gasteiger partial charge in [0.15, 0.2) is 0 Å². The van der Waals surface area contributed by atoms with Crippen molar-refractivity contribution in [1.29, 1.82) is 0 Å². The van der Waals surface area contributed by atoms with Crippen LogP contribution in [0.25, 0.3) is 0 Å². The zero-order chi connectivity index (χ0) is 18.1. The Morgan fingerprint density at radius 3 is 2.46 bits per heavy atom. The van der Waals surface area contributed by atoms with E-state index in [2.05, 4.69) is 4.90 Å². The van der Waals surface area contributed by atoms with Gasteiger partial charge in [0.1, 0.15) is 5.75 Å². The second-order valence-corrected chi connectivity index (χ2v) is 7.66. The van der Waals surface area contributed by atoms with Gasteiger partial charge >= 0.3 is 0 Å². The summed E-state index contributed by atoms with van der Waals surface area (Å²) in [5.74, 6) is 0.276. The van der Waals surface area contributed by atoms with Crippen LogP contribution in [0.3, 0.4) is 0 Å². The lowest BCUT2D eigenvalue weighted by Gasteiger charge is -2.45. The van der Waals surface area contributed by atoms with Gasteiger partial charge in [0.2, 0.25) is 5.91 Å². The van der Waals surface area contributed by atoms with E-state index >= 15 is 0 Å². The number of phenols is 1. The molecule has 1 aliphatic carbocycles. The quantitative estimate of drug-likeness (QED) is 0.878. The molecular formula is C20H26N2O4. The Balaban J connectivity index is 1.56. The first kappa shape index (κ1) is 17.3. The molecule has 0 bridgehead atoms. The number of hydrogen-bond acceptors (Lipinski definition) is 4. The number of benzene rings is 1. The van der Waals surface area contributed by atoms with Crippen LogP contribution in [0.15, 0.2) is 24.3 Å². The number of phenolic OH excluding ortho intramolecular Hbond substituents is 1. The molecule has 2 amide bonds. The van der Waals surface area contributed by atoms with Crippen LogP contribution in [0, 0.1) is 5.92 Å². The molecule has 1 spiro atoms. The van der Waals surface area contributed by atoms with Crippen LogP contribution in [0.5, 0.6) is 5.75 Å². The van der Waals surface area contributed by atoms with Crippen molar-refractivity contribution in [3.05, 3.63) is 29.8 Å². The molecule has 0 atom stereocenters. The summed E-state index contributed by atoms with van der Waals surface area (Å²) in [4.78, 5) is 29.7. The molecule has 2 saturated heterocycles. The summed E-state index contributed by atoms with van der Waals surface area (Å²) in [5.41, 5.74) is 0.140. The number of nitrogens with zero attached hydrogens (tertiary/aromatic N) is 2. The Labute approximate surface area is 153 Å². The second-order valence-electron chi connectivity index (χ2n) is 7.66. The third-order valence-corrected chi connectivity index (χ3v) is 6.05. The van der Waals surface area contributed by atoms with Crippen molar-refractivity contribution < 1.29 is 19.4 Å². The number of amides is 2. The Hall–Kier alpha value is -2.08. The summed E-state index contributed by atoms with van der Waals surface area (Å²) < 4.78 is 5.55. The maximum atomic E-state index is 12.9. The average Bonchev–Trinajstić information content (AvgIpc) is 3.50.